The average molecular weight is 319 g/mol. The molecule has 0 aliphatic heterocycles. The normalized spacial score (nSPS) is 36.9. The Morgan fingerprint density at radius 3 is 1.57 bits per heavy atom. The van der Waals surface area contributed by atoms with E-state index in [0.717, 1.165) is 29.6 Å². The fourth-order valence-electron chi connectivity index (χ4n) is 6.04. The van der Waals surface area contributed by atoms with E-state index in [2.05, 4.69) is 6.92 Å². The van der Waals surface area contributed by atoms with E-state index in [9.17, 15) is 0 Å². The molecule has 0 spiro atoms. The number of rotatable bonds is 6. The predicted octanol–water partition coefficient (Wildman–Crippen LogP) is 7.76. The maximum absolute atomic E-state index is 2.44. The SMILES string of the molecule is CC1CCC(CCCCC2CCC(C3CCCCC3)CC2)CC1. The first-order valence-electron chi connectivity index (χ1n) is 11.3. The van der Waals surface area contributed by atoms with Crippen LogP contribution in [0.1, 0.15) is 116 Å². The van der Waals surface area contributed by atoms with Gasteiger partial charge in [0, 0.05) is 0 Å². The molecule has 134 valence electrons. The van der Waals surface area contributed by atoms with Gasteiger partial charge >= 0.3 is 0 Å². The van der Waals surface area contributed by atoms with Gasteiger partial charge in [-0.25, -0.2) is 0 Å². The summed E-state index contributed by atoms with van der Waals surface area (Å²) in [6.07, 6.45) is 26.3. The van der Waals surface area contributed by atoms with E-state index in [0.29, 0.717) is 0 Å². The van der Waals surface area contributed by atoms with Crippen LogP contribution in [0.15, 0.2) is 0 Å². The Morgan fingerprint density at radius 2 is 1.00 bits per heavy atom. The third-order valence-electron chi connectivity index (χ3n) is 7.82. The molecular formula is C23H42. The van der Waals surface area contributed by atoms with E-state index in [1.807, 2.05) is 0 Å². The standard InChI is InChI=1S/C23H42/c1-19-11-13-20(14-12-19)7-5-6-8-21-15-17-23(18-16-21)22-9-3-2-4-10-22/h19-23H,2-18H2,1H3. The predicted molar refractivity (Wildman–Crippen MR) is 102 cm³/mol. The minimum Gasteiger partial charge on any atom is -0.0625 e. The summed E-state index contributed by atoms with van der Waals surface area (Å²) in [5.74, 6) is 5.45. The van der Waals surface area contributed by atoms with Crippen LogP contribution in [0.25, 0.3) is 0 Å². The molecule has 3 aliphatic carbocycles. The van der Waals surface area contributed by atoms with Crippen molar-refractivity contribution >= 4 is 0 Å². The largest absolute Gasteiger partial charge is 0.0625 e. The van der Waals surface area contributed by atoms with Crippen LogP contribution in [0.4, 0.5) is 0 Å². The molecule has 0 aromatic heterocycles. The monoisotopic (exact) mass is 318 g/mol. The molecule has 0 aromatic rings. The highest BCUT2D eigenvalue weighted by Gasteiger charge is 2.28. The van der Waals surface area contributed by atoms with Crippen molar-refractivity contribution in [3.8, 4) is 0 Å². The molecule has 3 fully saturated rings. The molecule has 0 atom stereocenters. The molecule has 0 N–H and O–H groups in total. The Morgan fingerprint density at radius 1 is 0.522 bits per heavy atom. The molecule has 3 aliphatic rings. The van der Waals surface area contributed by atoms with Gasteiger partial charge in [-0.2, -0.15) is 0 Å². The molecule has 0 radical (unpaired) electrons. The fraction of sp³-hybridized carbons (Fsp3) is 1.00. The summed E-state index contributed by atoms with van der Waals surface area (Å²) < 4.78 is 0. The van der Waals surface area contributed by atoms with Crippen molar-refractivity contribution in [3.05, 3.63) is 0 Å². The van der Waals surface area contributed by atoms with Crippen molar-refractivity contribution in [2.45, 2.75) is 116 Å². The quantitative estimate of drug-likeness (QED) is 0.439. The van der Waals surface area contributed by atoms with Gasteiger partial charge in [0.05, 0.1) is 0 Å². The van der Waals surface area contributed by atoms with Crippen molar-refractivity contribution < 1.29 is 0 Å². The average Bonchev–Trinajstić information content (AvgIpc) is 2.62. The Balaban J connectivity index is 1.23. The highest BCUT2D eigenvalue weighted by atomic mass is 14.3. The molecule has 0 heterocycles. The zero-order valence-corrected chi connectivity index (χ0v) is 15.9. The summed E-state index contributed by atoms with van der Waals surface area (Å²) >= 11 is 0. The Labute approximate surface area is 146 Å². The second-order valence-corrected chi connectivity index (χ2v) is 9.59. The van der Waals surface area contributed by atoms with Crippen LogP contribution >= 0.6 is 0 Å². The van der Waals surface area contributed by atoms with Crippen molar-refractivity contribution in [3.63, 3.8) is 0 Å². The first-order valence-corrected chi connectivity index (χ1v) is 11.3. The van der Waals surface area contributed by atoms with E-state index in [1.165, 1.54) is 57.8 Å². The summed E-state index contributed by atoms with van der Waals surface area (Å²) in [6, 6.07) is 0. The molecule has 0 saturated heterocycles. The number of hydrogen-bond acceptors (Lipinski definition) is 0. The lowest BCUT2D eigenvalue weighted by Gasteiger charge is -2.36. The van der Waals surface area contributed by atoms with Crippen molar-refractivity contribution in [1.82, 2.24) is 0 Å². The Hall–Kier alpha value is 0. The third-order valence-corrected chi connectivity index (χ3v) is 7.82. The van der Waals surface area contributed by atoms with Crippen LogP contribution in [-0.4, -0.2) is 0 Å². The number of unbranched alkanes of at least 4 members (excludes halogenated alkanes) is 1. The fourth-order valence-corrected chi connectivity index (χ4v) is 6.04. The Bertz CT molecular complexity index is 298. The van der Waals surface area contributed by atoms with E-state index in [1.54, 1.807) is 51.4 Å². The van der Waals surface area contributed by atoms with Crippen molar-refractivity contribution in [2.75, 3.05) is 0 Å². The topological polar surface area (TPSA) is 0 Å². The lowest BCUT2D eigenvalue weighted by Crippen LogP contribution is -2.23. The van der Waals surface area contributed by atoms with Crippen LogP contribution < -0.4 is 0 Å². The first kappa shape index (κ1) is 17.8. The van der Waals surface area contributed by atoms with Crippen LogP contribution in [-0.2, 0) is 0 Å². The summed E-state index contributed by atoms with van der Waals surface area (Å²) in [4.78, 5) is 0. The van der Waals surface area contributed by atoms with Gasteiger partial charge in [0.25, 0.3) is 0 Å². The van der Waals surface area contributed by atoms with Crippen LogP contribution in [0.2, 0.25) is 0 Å². The molecule has 3 saturated carbocycles. The summed E-state index contributed by atoms with van der Waals surface area (Å²) in [5.41, 5.74) is 0. The second-order valence-electron chi connectivity index (χ2n) is 9.59. The minimum atomic E-state index is 1.02. The molecule has 3 rings (SSSR count). The smallest absolute Gasteiger partial charge is 0.0386 e. The molecule has 0 unspecified atom stereocenters. The molecule has 0 nitrogen and oxygen atoms in total. The van der Waals surface area contributed by atoms with Gasteiger partial charge in [0.1, 0.15) is 0 Å². The summed E-state index contributed by atoms with van der Waals surface area (Å²) in [5, 5.41) is 0. The summed E-state index contributed by atoms with van der Waals surface area (Å²) in [6.45, 7) is 2.44. The summed E-state index contributed by atoms with van der Waals surface area (Å²) in [7, 11) is 0. The van der Waals surface area contributed by atoms with E-state index in [4.69, 9.17) is 0 Å². The second kappa shape index (κ2) is 9.47. The minimum absolute atomic E-state index is 1.02. The molecule has 0 heteroatoms. The van der Waals surface area contributed by atoms with Crippen molar-refractivity contribution in [2.24, 2.45) is 29.6 Å². The Kier molecular flexibility index (Phi) is 7.34. The molecular weight excluding hydrogens is 276 g/mol. The van der Waals surface area contributed by atoms with Gasteiger partial charge < -0.3 is 0 Å². The molecule has 0 aromatic carbocycles. The van der Waals surface area contributed by atoms with Gasteiger partial charge in [0.15, 0.2) is 0 Å². The highest BCUT2D eigenvalue weighted by Crippen LogP contribution is 2.41. The molecule has 0 bridgehead atoms. The maximum atomic E-state index is 2.44. The van der Waals surface area contributed by atoms with Gasteiger partial charge in [-0.15, -0.1) is 0 Å². The van der Waals surface area contributed by atoms with Crippen LogP contribution in [0.5, 0.6) is 0 Å². The lowest BCUT2D eigenvalue weighted by atomic mass is 9.70. The maximum Gasteiger partial charge on any atom is -0.0386 e. The van der Waals surface area contributed by atoms with Gasteiger partial charge in [-0.3, -0.25) is 0 Å². The van der Waals surface area contributed by atoms with Gasteiger partial charge in [-0.1, -0.05) is 103 Å². The van der Waals surface area contributed by atoms with E-state index in [-0.39, 0.29) is 0 Å². The van der Waals surface area contributed by atoms with Gasteiger partial charge in [0.2, 0.25) is 0 Å². The molecule has 0 amide bonds. The van der Waals surface area contributed by atoms with Crippen LogP contribution in [0, 0.1) is 29.6 Å². The third kappa shape index (κ3) is 5.79. The van der Waals surface area contributed by atoms with Gasteiger partial charge in [-0.05, 0) is 42.4 Å². The highest BCUT2D eigenvalue weighted by molar-refractivity contribution is 4.80. The van der Waals surface area contributed by atoms with Crippen LogP contribution in [0.3, 0.4) is 0 Å². The zero-order valence-electron chi connectivity index (χ0n) is 15.9. The van der Waals surface area contributed by atoms with Crippen molar-refractivity contribution in [1.29, 1.82) is 0 Å². The molecule has 23 heavy (non-hydrogen) atoms. The lowest BCUT2D eigenvalue weighted by molar-refractivity contribution is 0.161. The van der Waals surface area contributed by atoms with E-state index >= 15 is 0 Å². The van der Waals surface area contributed by atoms with E-state index < -0.39 is 0 Å². The zero-order chi connectivity index (χ0) is 15.9. The number of hydrogen-bond donors (Lipinski definition) is 0. The first-order chi connectivity index (χ1) is 11.3.